The molecule has 7 heteroatoms. The largest absolute Gasteiger partial charge is 0.378 e. The lowest BCUT2D eigenvalue weighted by molar-refractivity contribution is 0.0136. The van der Waals surface area contributed by atoms with Crippen LogP contribution in [-0.2, 0) is 4.74 Å². The van der Waals surface area contributed by atoms with Crippen molar-refractivity contribution >= 4 is 22.4 Å². The maximum atomic E-state index is 12.0. The van der Waals surface area contributed by atoms with E-state index in [2.05, 4.69) is 27.8 Å². The van der Waals surface area contributed by atoms with E-state index in [9.17, 15) is 4.79 Å². The van der Waals surface area contributed by atoms with Crippen LogP contribution in [0.5, 0.6) is 0 Å². The number of hydrogen-bond donors (Lipinski definition) is 2. The minimum atomic E-state index is -0.138. The molecule has 2 N–H and O–H groups in total. The molecule has 2 rings (SSSR count). The predicted molar refractivity (Wildman–Crippen MR) is 74.6 cm³/mol. The predicted octanol–water partition coefficient (Wildman–Crippen LogP) is 1.66. The molecule has 6 nitrogen and oxygen atoms in total. The first-order valence-corrected chi connectivity index (χ1v) is 7.50. The summed E-state index contributed by atoms with van der Waals surface area (Å²) in [6.07, 6.45) is 2.93. The van der Waals surface area contributed by atoms with Gasteiger partial charge in [0.25, 0.3) is 5.91 Å². The molecule has 1 aromatic rings. The molecule has 1 amide bonds. The van der Waals surface area contributed by atoms with Crippen molar-refractivity contribution in [2.75, 3.05) is 18.5 Å². The molecule has 0 aromatic carbocycles. The fraction of sp³-hybridized carbons (Fsp3) is 0.750. The molecule has 2 atom stereocenters. The van der Waals surface area contributed by atoms with Crippen LogP contribution in [0.2, 0.25) is 0 Å². The van der Waals surface area contributed by atoms with Crippen molar-refractivity contribution in [2.24, 2.45) is 0 Å². The summed E-state index contributed by atoms with van der Waals surface area (Å²) in [4.78, 5) is 12.0. The van der Waals surface area contributed by atoms with Crippen LogP contribution in [0.3, 0.4) is 0 Å². The molecule has 0 saturated carbocycles. The molecule has 2 heterocycles. The summed E-state index contributed by atoms with van der Waals surface area (Å²) < 4.78 is 5.46. The third-order valence-corrected chi connectivity index (χ3v) is 3.85. The van der Waals surface area contributed by atoms with Gasteiger partial charge in [0, 0.05) is 19.2 Å². The van der Waals surface area contributed by atoms with Gasteiger partial charge in [0.1, 0.15) is 0 Å². The Kier molecular flexibility index (Phi) is 5.09. The minimum Gasteiger partial charge on any atom is -0.378 e. The van der Waals surface area contributed by atoms with Crippen molar-refractivity contribution in [1.82, 2.24) is 15.5 Å². The van der Waals surface area contributed by atoms with Gasteiger partial charge in [0.05, 0.1) is 6.10 Å². The molecule has 106 valence electrons. The van der Waals surface area contributed by atoms with E-state index in [-0.39, 0.29) is 18.1 Å². The molecule has 0 radical (unpaired) electrons. The highest BCUT2D eigenvalue weighted by Gasteiger charge is 2.22. The van der Waals surface area contributed by atoms with Crippen LogP contribution in [0.25, 0.3) is 0 Å². The van der Waals surface area contributed by atoms with Crippen LogP contribution < -0.4 is 10.6 Å². The topological polar surface area (TPSA) is 76.1 Å². The quantitative estimate of drug-likeness (QED) is 0.860. The Hall–Kier alpha value is -1.21. The number of anilines is 1. The Balaban J connectivity index is 1.86. The highest BCUT2D eigenvalue weighted by molar-refractivity contribution is 7.17. The number of nitrogens with zero attached hydrogens (tertiary/aromatic N) is 2. The van der Waals surface area contributed by atoms with Crippen LogP contribution in [0, 0.1) is 0 Å². The second-order valence-corrected chi connectivity index (χ2v) is 5.69. The Labute approximate surface area is 116 Å². The number of ether oxygens (including phenoxy) is 1. The highest BCUT2D eigenvalue weighted by atomic mass is 32.1. The molecule has 1 aromatic heterocycles. The van der Waals surface area contributed by atoms with E-state index in [0.29, 0.717) is 16.7 Å². The lowest BCUT2D eigenvalue weighted by Gasteiger charge is -2.27. The summed E-state index contributed by atoms with van der Waals surface area (Å²) in [6.45, 7) is 5.64. The molecule has 2 unspecified atom stereocenters. The van der Waals surface area contributed by atoms with Crippen molar-refractivity contribution in [3.8, 4) is 0 Å². The highest BCUT2D eigenvalue weighted by Crippen LogP contribution is 2.17. The summed E-state index contributed by atoms with van der Waals surface area (Å²) in [5, 5.41) is 15.1. The zero-order valence-electron chi connectivity index (χ0n) is 11.3. The van der Waals surface area contributed by atoms with Gasteiger partial charge >= 0.3 is 0 Å². The standard InChI is InChI=1S/C12H20N4O2S/c1-3-5-13-12-16-15-11(19-12)10(17)14-9-4-6-18-8(2)7-9/h8-9H,3-7H2,1-2H3,(H,13,16)(H,14,17). The van der Waals surface area contributed by atoms with E-state index < -0.39 is 0 Å². The Morgan fingerprint density at radius 1 is 1.53 bits per heavy atom. The summed E-state index contributed by atoms with van der Waals surface area (Å²) in [6, 6.07) is 0.173. The SMILES string of the molecule is CCCNc1nnc(C(=O)NC2CCOC(C)C2)s1. The van der Waals surface area contributed by atoms with Gasteiger partial charge in [-0.1, -0.05) is 18.3 Å². The van der Waals surface area contributed by atoms with Gasteiger partial charge in [-0.05, 0) is 26.2 Å². The molecule has 1 saturated heterocycles. The number of amides is 1. The summed E-state index contributed by atoms with van der Waals surface area (Å²) in [5.74, 6) is -0.138. The average Bonchev–Trinajstić information content (AvgIpc) is 2.85. The molecule has 1 fully saturated rings. The number of nitrogens with one attached hydrogen (secondary N) is 2. The monoisotopic (exact) mass is 284 g/mol. The zero-order chi connectivity index (χ0) is 13.7. The van der Waals surface area contributed by atoms with Gasteiger partial charge in [-0.2, -0.15) is 0 Å². The second kappa shape index (κ2) is 6.81. The van der Waals surface area contributed by atoms with Crippen molar-refractivity contribution in [1.29, 1.82) is 0 Å². The van der Waals surface area contributed by atoms with E-state index >= 15 is 0 Å². The average molecular weight is 284 g/mol. The number of carbonyl (C=O) groups is 1. The maximum Gasteiger partial charge on any atom is 0.282 e. The van der Waals surface area contributed by atoms with E-state index in [1.54, 1.807) is 0 Å². The van der Waals surface area contributed by atoms with Crippen LogP contribution in [0.1, 0.15) is 42.9 Å². The fourth-order valence-corrected chi connectivity index (χ4v) is 2.67. The Morgan fingerprint density at radius 2 is 2.37 bits per heavy atom. The lowest BCUT2D eigenvalue weighted by atomic mass is 10.0. The van der Waals surface area contributed by atoms with Crippen LogP contribution >= 0.6 is 11.3 Å². The van der Waals surface area contributed by atoms with Crippen LogP contribution in [-0.4, -0.2) is 41.4 Å². The van der Waals surface area contributed by atoms with Gasteiger partial charge in [0.15, 0.2) is 0 Å². The Morgan fingerprint density at radius 3 is 3.11 bits per heavy atom. The maximum absolute atomic E-state index is 12.0. The van der Waals surface area contributed by atoms with E-state index in [1.165, 1.54) is 11.3 Å². The Bertz CT molecular complexity index is 424. The minimum absolute atomic E-state index is 0.138. The second-order valence-electron chi connectivity index (χ2n) is 4.72. The van der Waals surface area contributed by atoms with Crippen LogP contribution in [0.4, 0.5) is 5.13 Å². The van der Waals surface area contributed by atoms with E-state index in [4.69, 9.17) is 4.74 Å². The van der Waals surface area contributed by atoms with Crippen molar-refractivity contribution in [3.63, 3.8) is 0 Å². The fourth-order valence-electron chi connectivity index (χ4n) is 1.99. The number of carbonyl (C=O) groups excluding carboxylic acids is 1. The third-order valence-electron chi connectivity index (χ3n) is 2.97. The molecule has 0 bridgehead atoms. The van der Waals surface area contributed by atoms with E-state index in [0.717, 1.165) is 25.8 Å². The van der Waals surface area contributed by atoms with Crippen molar-refractivity contribution < 1.29 is 9.53 Å². The van der Waals surface area contributed by atoms with Gasteiger partial charge < -0.3 is 15.4 Å². The summed E-state index contributed by atoms with van der Waals surface area (Å²) in [5.41, 5.74) is 0. The first-order valence-electron chi connectivity index (χ1n) is 6.69. The van der Waals surface area contributed by atoms with Crippen molar-refractivity contribution in [3.05, 3.63) is 5.01 Å². The summed E-state index contributed by atoms with van der Waals surface area (Å²) >= 11 is 1.29. The van der Waals surface area contributed by atoms with Gasteiger partial charge in [-0.25, -0.2) is 0 Å². The van der Waals surface area contributed by atoms with E-state index in [1.807, 2.05) is 6.92 Å². The van der Waals surface area contributed by atoms with Gasteiger partial charge in [-0.3, -0.25) is 4.79 Å². The zero-order valence-corrected chi connectivity index (χ0v) is 12.1. The molecule has 1 aliphatic heterocycles. The summed E-state index contributed by atoms with van der Waals surface area (Å²) in [7, 11) is 0. The first-order chi connectivity index (χ1) is 9.19. The molecular formula is C12H20N4O2S. The van der Waals surface area contributed by atoms with Gasteiger partial charge in [-0.15, -0.1) is 10.2 Å². The van der Waals surface area contributed by atoms with Crippen LogP contribution in [0.15, 0.2) is 0 Å². The molecule has 0 aliphatic carbocycles. The third kappa shape index (κ3) is 4.14. The number of rotatable bonds is 5. The molecule has 0 spiro atoms. The number of hydrogen-bond acceptors (Lipinski definition) is 6. The van der Waals surface area contributed by atoms with Gasteiger partial charge in [0.2, 0.25) is 10.1 Å². The first kappa shape index (κ1) is 14.2. The number of aromatic nitrogens is 2. The molecule has 1 aliphatic rings. The van der Waals surface area contributed by atoms with Crippen molar-refractivity contribution in [2.45, 2.75) is 45.3 Å². The normalized spacial score (nSPS) is 23.1. The molecule has 19 heavy (non-hydrogen) atoms. The lowest BCUT2D eigenvalue weighted by Crippen LogP contribution is -2.41. The molecular weight excluding hydrogens is 264 g/mol. The smallest absolute Gasteiger partial charge is 0.282 e.